The van der Waals surface area contributed by atoms with E-state index in [1.165, 1.54) is 17.7 Å². The lowest BCUT2D eigenvalue weighted by atomic mass is 9.71. The Labute approximate surface area is 206 Å². The van der Waals surface area contributed by atoms with Crippen molar-refractivity contribution in [3.8, 4) is 0 Å². The number of aryl methyl sites for hydroxylation is 2. The van der Waals surface area contributed by atoms with Crippen LogP contribution in [0.5, 0.6) is 0 Å². The number of nitrogens with zero attached hydrogens (tertiary/aromatic N) is 2. The lowest BCUT2D eigenvalue weighted by Gasteiger charge is -2.38. The number of rotatable bonds is 8. The van der Waals surface area contributed by atoms with E-state index in [9.17, 15) is 13.9 Å². The lowest BCUT2D eigenvalue weighted by molar-refractivity contribution is 0.00396. The fraction of sp³-hybridized carbons (Fsp3) is 0.300. The minimum Gasteiger partial charge on any atom is -0.384 e. The van der Waals surface area contributed by atoms with Crippen molar-refractivity contribution < 1.29 is 13.9 Å². The average Bonchev–Trinajstić information content (AvgIpc) is 2.82. The van der Waals surface area contributed by atoms with Gasteiger partial charge in [0.25, 0.3) is 0 Å². The van der Waals surface area contributed by atoms with Crippen LogP contribution in [0, 0.1) is 18.6 Å². The summed E-state index contributed by atoms with van der Waals surface area (Å²) >= 11 is 0. The molecule has 1 aromatic heterocycles. The van der Waals surface area contributed by atoms with Gasteiger partial charge in [-0.25, -0.2) is 8.78 Å². The van der Waals surface area contributed by atoms with E-state index >= 15 is 0 Å². The van der Waals surface area contributed by atoms with Gasteiger partial charge in [-0.3, -0.25) is 4.98 Å². The van der Waals surface area contributed by atoms with E-state index in [1.54, 1.807) is 0 Å². The van der Waals surface area contributed by atoms with Crippen LogP contribution in [-0.2, 0) is 12.0 Å². The molecule has 182 valence electrons. The van der Waals surface area contributed by atoms with Crippen LogP contribution in [0.15, 0.2) is 72.8 Å². The summed E-state index contributed by atoms with van der Waals surface area (Å²) in [5.41, 5.74) is 3.35. The smallest absolute Gasteiger partial charge is 0.126 e. The number of pyridine rings is 1. The summed E-state index contributed by atoms with van der Waals surface area (Å²) in [6, 6.07) is 21.1. The minimum absolute atomic E-state index is 0.219. The second kappa shape index (κ2) is 10.2. The molecule has 0 aliphatic carbocycles. The van der Waals surface area contributed by atoms with Gasteiger partial charge in [0.2, 0.25) is 0 Å². The Hall–Kier alpha value is -3.15. The normalized spacial score (nSPS) is 14.3. The Morgan fingerprint density at radius 3 is 2.23 bits per heavy atom. The van der Waals surface area contributed by atoms with Gasteiger partial charge in [0.1, 0.15) is 17.2 Å². The van der Waals surface area contributed by atoms with Gasteiger partial charge in [0.15, 0.2) is 0 Å². The first kappa shape index (κ1) is 25.0. The van der Waals surface area contributed by atoms with Crippen LogP contribution in [0.3, 0.4) is 0 Å². The Balaban J connectivity index is 1.96. The van der Waals surface area contributed by atoms with E-state index < -0.39 is 23.2 Å². The molecule has 35 heavy (non-hydrogen) atoms. The summed E-state index contributed by atoms with van der Waals surface area (Å²) in [5.74, 6) is -1.99. The summed E-state index contributed by atoms with van der Waals surface area (Å²) in [4.78, 5) is 6.79. The maximum absolute atomic E-state index is 14.4. The van der Waals surface area contributed by atoms with Crippen LogP contribution >= 0.6 is 0 Å². The highest BCUT2D eigenvalue weighted by Crippen LogP contribution is 2.45. The molecule has 0 aliphatic rings. The standard InChI is InChI=1S/C30H32F2N2O/c1-5-21-15-23-11-12-24(16-28(23)33-20(21)2)29(22-9-7-6-8-10-22)30(35,13-14-34(3)4)25-17-26(31)19-27(32)18-25/h6-12,15-19,29,35H,5,13-14H2,1-4H3. The number of hydrogen-bond acceptors (Lipinski definition) is 3. The molecule has 5 heteroatoms. The van der Waals surface area contributed by atoms with Gasteiger partial charge in [-0.2, -0.15) is 0 Å². The Morgan fingerprint density at radius 1 is 0.914 bits per heavy atom. The number of benzene rings is 3. The van der Waals surface area contributed by atoms with Gasteiger partial charge in [-0.1, -0.05) is 49.4 Å². The molecule has 0 saturated heterocycles. The third kappa shape index (κ3) is 5.26. The van der Waals surface area contributed by atoms with Crippen molar-refractivity contribution in [3.05, 3.63) is 112 Å². The second-order valence-electron chi connectivity index (χ2n) is 9.52. The monoisotopic (exact) mass is 474 g/mol. The first-order valence-corrected chi connectivity index (χ1v) is 12.0. The second-order valence-corrected chi connectivity index (χ2v) is 9.52. The van der Waals surface area contributed by atoms with Crippen LogP contribution < -0.4 is 0 Å². The van der Waals surface area contributed by atoms with Gasteiger partial charge in [-0.15, -0.1) is 0 Å². The minimum atomic E-state index is -1.57. The Morgan fingerprint density at radius 2 is 1.60 bits per heavy atom. The van der Waals surface area contributed by atoms with Gasteiger partial charge < -0.3 is 10.0 Å². The molecular weight excluding hydrogens is 442 g/mol. The first-order chi connectivity index (χ1) is 16.7. The summed E-state index contributed by atoms with van der Waals surface area (Å²) in [6.07, 6.45) is 1.18. The van der Waals surface area contributed by atoms with Crippen LogP contribution in [0.1, 0.15) is 47.2 Å². The SMILES string of the molecule is CCc1cc2ccc(C(c3ccccc3)C(O)(CCN(C)C)c3cc(F)cc(F)c3)cc2nc1C. The van der Waals surface area contributed by atoms with Crippen molar-refractivity contribution in [2.24, 2.45) is 0 Å². The van der Waals surface area contributed by atoms with Crippen molar-refractivity contribution in [1.29, 1.82) is 0 Å². The van der Waals surface area contributed by atoms with E-state index in [2.05, 4.69) is 13.0 Å². The highest BCUT2D eigenvalue weighted by Gasteiger charge is 2.41. The van der Waals surface area contributed by atoms with E-state index in [-0.39, 0.29) is 12.0 Å². The third-order valence-corrected chi connectivity index (χ3v) is 6.76. The molecule has 3 aromatic carbocycles. The van der Waals surface area contributed by atoms with Crippen molar-refractivity contribution in [3.63, 3.8) is 0 Å². The molecule has 3 nitrogen and oxygen atoms in total. The maximum atomic E-state index is 14.4. The van der Waals surface area contributed by atoms with Crippen LogP contribution in [0.25, 0.3) is 10.9 Å². The molecule has 1 N–H and O–H groups in total. The zero-order valence-corrected chi connectivity index (χ0v) is 20.7. The molecule has 0 amide bonds. The predicted octanol–water partition coefficient (Wildman–Crippen LogP) is 6.36. The summed E-state index contributed by atoms with van der Waals surface area (Å²) in [7, 11) is 3.83. The molecular formula is C30H32F2N2O. The molecule has 2 atom stereocenters. The first-order valence-electron chi connectivity index (χ1n) is 12.0. The fourth-order valence-corrected chi connectivity index (χ4v) is 4.90. The number of aliphatic hydroxyl groups is 1. The Kier molecular flexibility index (Phi) is 7.29. The average molecular weight is 475 g/mol. The molecule has 2 unspecified atom stereocenters. The fourth-order valence-electron chi connectivity index (χ4n) is 4.90. The zero-order valence-electron chi connectivity index (χ0n) is 20.7. The van der Waals surface area contributed by atoms with E-state index in [4.69, 9.17) is 4.98 Å². The topological polar surface area (TPSA) is 36.4 Å². The van der Waals surface area contributed by atoms with Crippen LogP contribution in [0.4, 0.5) is 8.78 Å². The molecule has 0 bridgehead atoms. The predicted molar refractivity (Wildman–Crippen MR) is 138 cm³/mol. The van der Waals surface area contributed by atoms with Crippen LogP contribution in [-0.4, -0.2) is 35.6 Å². The van der Waals surface area contributed by atoms with Crippen molar-refractivity contribution >= 4 is 10.9 Å². The van der Waals surface area contributed by atoms with Gasteiger partial charge in [0, 0.05) is 29.6 Å². The zero-order chi connectivity index (χ0) is 25.2. The van der Waals surface area contributed by atoms with Crippen molar-refractivity contribution in [2.75, 3.05) is 20.6 Å². The molecule has 0 spiro atoms. The quantitative estimate of drug-likeness (QED) is 0.323. The molecule has 0 fully saturated rings. The van der Waals surface area contributed by atoms with E-state index in [0.29, 0.717) is 6.54 Å². The summed E-state index contributed by atoms with van der Waals surface area (Å²) < 4.78 is 28.8. The van der Waals surface area contributed by atoms with Gasteiger partial charge in [-0.05, 0) is 80.4 Å². The molecule has 0 radical (unpaired) electrons. The largest absolute Gasteiger partial charge is 0.384 e. The summed E-state index contributed by atoms with van der Waals surface area (Å²) in [5, 5.41) is 13.4. The molecule has 1 heterocycles. The van der Waals surface area contributed by atoms with E-state index in [1.807, 2.05) is 74.4 Å². The summed E-state index contributed by atoms with van der Waals surface area (Å²) in [6.45, 7) is 4.64. The molecule has 4 aromatic rings. The van der Waals surface area contributed by atoms with Crippen molar-refractivity contribution in [1.82, 2.24) is 9.88 Å². The highest BCUT2D eigenvalue weighted by molar-refractivity contribution is 5.80. The molecule has 0 aliphatic heterocycles. The molecule has 4 rings (SSSR count). The van der Waals surface area contributed by atoms with Gasteiger partial charge >= 0.3 is 0 Å². The van der Waals surface area contributed by atoms with Crippen LogP contribution in [0.2, 0.25) is 0 Å². The van der Waals surface area contributed by atoms with Gasteiger partial charge in [0.05, 0.1) is 5.52 Å². The highest BCUT2D eigenvalue weighted by atomic mass is 19.1. The number of hydrogen-bond donors (Lipinski definition) is 1. The lowest BCUT2D eigenvalue weighted by Crippen LogP contribution is -2.37. The Bertz CT molecular complexity index is 1300. The maximum Gasteiger partial charge on any atom is 0.126 e. The number of fused-ring (bicyclic) bond motifs is 1. The van der Waals surface area contributed by atoms with E-state index in [0.717, 1.165) is 40.2 Å². The number of aromatic nitrogens is 1. The number of halogens is 2. The molecule has 0 saturated carbocycles. The van der Waals surface area contributed by atoms with Crippen molar-refractivity contribution in [2.45, 2.75) is 38.2 Å². The third-order valence-electron chi connectivity index (χ3n) is 6.76.